The van der Waals surface area contributed by atoms with Gasteiger partial charge in [-0.3, -0.25) is 4.79 Å². The number of para-hydroxylation sites is 1. The van der Waals surface area contributed by atoms with Crippen LogP contribution >= 0.6 is 11.8 Å². The molecule has 15 heavy (non-hydrogen) atoms. The number of rotatable bonds is 4. The topological polar surface area (TPSA) is 63.3 Å². The van der Waals surface area contributed by atoms with Crippen molar-refractivity contribution in [2.45, 2.75) is 18.7 Å². The van der Waals surface area contributed by atoms with Gasteiger partial charge in [-0.15, -0.1) is 11.8 Å². The van der Waals surface area contributed by atoms with Crippen LogP contribution in [0.2, 0.25) is 0 Å². The van der Waals surface area contributed by atoms with E-state index in [-0.39, 0.29) is 5.92 Å². The van der Waals surface area contributed by atoms with Crippen molar-refractivity contribution in [2.75, 3.05) is 11.5 Å². The van der Waals surface area contributed by atoms with Gasteiger partial charge in [0.05, 0.1) is 5.92 Å². The first-order valence-corrected chi connectivity index (χ1v) is 5.71. The second-order valence-corrected chi connectivity index (χ2v) is 4.60. The molecule has 3 N–H and O–H groups in total. The molecular formula is C11H15NO2S. The van der Waals surface area contributed by atoms with E-state index in [1.807, 2.05) is 25.1 Å². The van der Waals surface area contributed by atoms with Gasteiger partial charge in [-0.05, 0) is 18.6 Å². The Kier molecular flexibility index (Phi) is 4.03. The number of carboxylic acids is 1. The van der Waals surface area contributed by atoms with Gasteiger partial charge in [-0.1, -0.05) is 19.1 Å². The minimum Gasteiger partial charge on any atom is -0.481 e. The Balaban J connectivity index is 2.66. The molecule has 0 saturated heterocycles. The smallest absolute Gasteiger partial charge is 0.307 e. The van der Waals surface area contributed by atoms with Gasteiger partial charge < -0.3 is 10.8 Å². The number of carbonyl (C=O) groups is 1. The highest BCUT2D eigenvalue weighted by Gasteiger charge is 2.12. The SMILES string of the molecule is Cc1cccc(SCC(C)C(=O)O)c1N. The summed E-state index contributed by atoms with van der Waals surface area (Å²) >= 11 is 1.49. The molecule has 0 aliphatic heterocycles. The van der Waals surface area contributed by atoms with E-state index in [1.165, 1.54) is 11.8 Å². The molecule has 0 heterocycles. The van der Waals surface area contributed by atoms with Crippen molar-refractivity contribution in [3.05, 3.63) is 23.8 Å². The summed E-state index contributed by atoms with van der Waals surface area (Å²) in [5.41, 5.74) is 7.66. The van der Waals surface area contributed by atoms with Crippen molar-refractivity contribution in [2.24, 2.45) is 5.92 Å². The summed E-state index contributed by atoms with van der Waals surface area (Å²) < 4.78 is 0. The quantitative estimate of drug-likeness (QED) is 0.610. The normalized spacial score (nSPS) is 12.4. The van der Waals surface area contributed by atoms with Gasteiger partial charge in [0.2, 0.25) is 0 Å². The fourth-order valence-corrected chi connectivity index (χ4v) is 2.13. The number of hydrogen-bond acceptors (Lipinski definition) is 3. The molecule has 0 spiro atoms. The summed E-state index contributed by atoms with van der Waals surface area (Å²) in [5.74, 6) is -0.577. The highest BCUT2D eigenvalue weighted by atomic mass is 32.2. The van der Waals surface area contributed by atoms with E-state index in [0.717, 1.165) is 16.1 Å². The van der Waals surface area contributed by atoms with Crippen LogP contribution in [0.25, 0.3) is 0 Å². The maximum absolute atomic E-state index is 10.6. The number of carboxylic acid groups (broad SMARTS) is 1. The molecular weight excluding hydrogens is 210 g/mol. The minimum atomic E-state index is -0.770. The average Bonchev–Trinajstić information content (AvgIpc) is 2.19. The first-order chi connectivity index (χ1) is 7.02. The Morgan fingerprint density at radius 3 is 2.87 bits per heavy atom. The molecule has 0 amide bonds. The number of anilines is 1. The van der Waals surface area contributed by atoms with Crippen LogP contribution in [-0.4, -0.2) is 16.8 Å². The molecule has 0 saturated carbocycles. The van der Waals surface area contributed by atoms with E-state index in [4.69, 9.17) is 10.8 Å². The molecule has 1 unspecified atom stereocenters. The van der Waals surface area contributed by atoms with E-state index in [1.54, 1.807) is 6.92 Å². The molecule has 82 valence electrons. The van der Waals surface area contributed by atoms with Gasteiger partial charge in [0.25, 0.3) is 0 Å². The largest absolute Gasteiger partial charge is 0.481 e. The Morgan fingerprint density at radius 1 is 1.60 bits per heavy atom. The summed E-state index contributed by atoms with van der Waals surface area (Å²) in [7, 11) is 0. The van der Waals surface area contributed by atoms with Gasteiger partial charge in [-0.25, -0.2) is 0 Å². The van der Waals surface area contributed by atoms with E-state index in [0.29, 0.717) is 5.75 Å². The van der Waals surface area contributed by atoms with E-state index >= 15 is 0 Å². The second-order valence-electron chi connectivity index (χ2n) is 3.54. The number of aliphatic carboxylic acids is 1. The summed E-state index contributed by atoms with van der Waals surface area (Å²) in [6.07, 6.45) is 0. The molecule has 1 aromatic carbocycles. The Labute approximate surface area is 93.7 Å². The fourth-order valence-electron chi connectivity index (χ4n) is 1.07. The number of thioether (sulfide) groups is 1. The number of aryl methyl sites for hydroxylation is 1. The fraction of sp³-hybridized carbons (Fsp3) is 0.364. The van der Waals surface area contributed by atoms with Crippen LogP contribution in [-0.2, 0) is 4.79 Å². The molecule has 0 aliphatic carbocycles. The predicted octanol–water partition coefficient (Wildman–Crippen LogP) is 2.39. The molecule has 1 rings (SSSR count). The zero-order chi connectivity index (χ0) is 11.4. The maximum atomic E-state index is 10.6. The van der Waals surface area contributed by atoms with Gasteiger partial charge in [0.1, 0.15) is 0 Å². The van der Waals surface area contributed by atoms with Crippen molar-refractivity contribution in [1.82, 2.24) is 0 Å². The zero-order valence-electron chi connectivity index (χ0n) is 8.86. The van der Waals surface area contributed by atoms with Crippen molar-refractivity contribution < 1.29 is 9.90 Å². The summed E-state index contributed by atoms with van der Waals surface area (Å²) in [5, 5.41) is 8.74. The molecule has 0 fully saturated rings. The van der Waals surface area contributed by atoms with Crippen LogP contribution in [0.3, 0.4) is 0 Å². The van der Waals surface area contributed by atoms with Gasteiger partial charge in [0.15, 0.2) is 0 Å². The highest BCUT2D eigenvalue weighted by molar-refractivity contribution is 7.99. The average molecular weight is 225 g/mol. The van der Waals surface area contributed by atoms with Crippen molar-refractivity contribution >= 4 is 23.4 Å². The van der Waals surface area contributed by atoms with Crippen LogP contribution < -0.4 is 5.73 Å². The van der Waals surface area contributed by atoms with Crippen LogP contribution in [0.15, 0.2) is 23.1 Å². The molecule has 3 nitrogen and oxygen atoms in total. The third kappa shape index (κ3) is 3.16. The Morgan fingerprint density at radius 2 is 2.27 bits per heavy atom. The third-order valence-corrected chi connectivity index (χ3v) is 3.53. The summed E-state index contributed by atoms with van der Waals surface area (Å²) in [6.45, 7) is 3.64. The molecule has 1 aromatic rings. The molecule has 0 bridgehead atoms. The van der Waals surface area contributed by atoms with E-state index < -0.39 is 5.97 Å². The second kappa shape index (κ2) is 5.07. The van der Waals surface area contributed by atoms with Gasteiger partial charge in [0, 0.05) is 16.3 Å². The number of nitrogens with two attached hydrogens (primary N) is 1. The van der Waals surface area contributed by atoms with E-state index in [2.05, 4.69) is 0 Å². The van der Waals surface area contributed by atoms with Crippen LogP contribution in [0.4, 0.5) is 5.69 Å². The summed E-state index contributed by atoms with van der Waals surface area (Å²) in [4.78, 5) is 11.6. The predicted molar refractivity (Wildman–Crippen MR) is 63.1 cm³/mol. The first-order valence-electron chi connectivity index (χ1n) is 4.73. The lowest BCUT2D eigenvalue weighted by Crippen LogP contribution is -2.11. The highest BCUT2D eigenvalue weighted by Crippen LogP contribution is 2.28. The monoisotopic (exact) mass is 225 g/mol. The lowest BCUT2D eigenvalue weighted by atomic mass is 10.2. The Hall–Kier alpha value is -1.16. The maximum Gasteiger partial charge on any atom is 0.307 e. The van der Waals surface area contributed by atoms with Crippen LogP contribution in [0.5, 0.6) is 0 Å². The Bertz CT molecular complexity index is 366. The number of benzene rings is 1. The standard InChI is InChI=1S/C11H15NO2S/c1-7-4-3-5-9(10(7)12)15-6-8(2)11(13)14/h3-5,8H,6,12H2,1-2H3,(H,13,14). The lowest BCUT2D eigenvalue weighted by molar-refractivity contribution is -0.140. The number of hydrogen-bond donors (Lipinski definition) is 2. The molecule has 0 aromatic heterocycles. The van der Waals surface area contributed by atoms with Crippen molar-refractivity contribution in [3.63, 3.8) is 0 Å². The third-order valence-electron chi connectivity index (χ3n) is 2.19. The van der Waals surface area contributed by atoms with Crippen LogP contribution in [0.1, 0.15) is 12.5 Å². The van der Waals surface area contributed by atoms with Gasteiger partial charge >= 0.3 is 5.97 Å². The zero-order valence-corrected chi connectivity index (χ0v) is 9.67. The molecule has 1 atom stereocenters. The van der Waals surface area contributed by atoms with E-state index in [9.17, 15) is 4.79 Å². The minimum absolute atomic E-state index is 0.352. The molecule has 0 aliphatic rings. The van der Waals surface area contributed by atoms with Crippen LogP contribution in [0, 0.1) is 12.8 Å². The van der Waals surface area contributed by atoms with Gasteiger partial charge in [-0.2, -0.15) is 0 Å². The van der Waals surface area contributed by atoms with Crippen molar-refractivity contribution in [3.8, 4) is 0 Å². The first kappa shape index (κ1) is 11.9. The molecule has 4 heteroatoms. The summed E-state index contributed by atoms with van der Waals surface area (Å²) in [6, 6.07) is 5.79. The molecule has 0 radical (unpaired) electrons. The number of nitrogen functional groups attached to an aromatic ring is 1. The van der Waals surface area contributed by atoms with Crippen molar-refractivity contribution in [1.29, 1.82) is 0 Å². The lowest BCUT2D eigenvalue weighted by Gasteiger charge is -2.09.